The maximum Gasteiger partial charge on any atom is 0.306 e. The summed E-state index contributed by atoms with van der Waals surface area (Å²) in [6.45, 7) is 8.77. The zero-order chi connectivity index (χ0) is 24.4. The monoisotopic (exact) mass is 492 g/mol. The summed E-state index contributed by atoms with van der Waals surface area (Å²) in [5.74, 6) is 0.0160. The van der Waals surface area contributed by atoms with Gasteiger partial charge in [0.05, 0.1) is 12.8 Å². The van der Waals surface area contributed by atoms with Crippen LogP contribution in [0.3, 0.4) is 0 Å². The Morgan fingerprint density at radius 3 is 1.33 bits per heavy atom. The molecule has 0 saturated heterocycles. The van der Waals surface area contributed by atoms with E-state index in [0.717, 1.165) is 24.0 Å². The number of carbonyl (C=O) groups is 2. The van der Waals surface area contributed by atoms with E-state index in [9.17, 15) is 9.59 Å². The second-order valence-corrected chi connectivity index (χ2v) is 10.5. The predicted octanol–water partition coefficient (Wildman–Crippen LogP) is 7.64. The number of rotatable bonds is 12. The second kappa shape index (κ2) is 13.0. The molecule has 2 aromatic carbocycles. The molecular weight excluding hydrogens is 459 g/mol. The van der Waals surface area contributed by atoms with Crippen LogP contribution in [0.15, 0.2) is 48.5 Å². The van der Waals surface area contributed by atoms with Gasteiger partial charge in [-0.1, -0.05) is 75.2 Å². The van der Waals surface area contributed by atoms with Crippen molar-refractivity contribution in [2.75, 3.05) is 0 Å². The van der Waals surface area contributed by atoms with Crippen molar-refractivity contribution in [2.24, 2.45) is 17.3 Å². The molecule has 0 N–H and O–H groups in total. The number of esters is 2. The summed E-state index contributed by atoms with van der Waals surface area (Å²) in [6, 6.07) is 14.4. The van der Waals surface area contributed by atoms with Crippen molar-refractivity contribution >= 4 is 35.1 Å². The molecule has 33 heavy (non-hydrogen) atoms. The largest absolute Gasteiger partial charge is 0.461 e. The van der Waals surface area contributed by atoms with Gasteiger partial charge in [-0.05, 0) is 65.5 Å². The average Bonchev–Trinajstić information content (AvgIpc) is 2.71. The van der Waals surface area contributed by atoms with Crippen LogP contribution in [-0.2, 0) is 32.3 Å². The zero-order valence-corrected chi connectivity index (χ0v) is 21.4. The van der Waals surface area contributed by atoms with Crippen molar-refractivity contribution in [3.05, 3.63) is 69.7 Å². The van der Waals surface area contributed by atoms with E-state index in [-0.39, 0.29) is 38.0 Å². The minimum atomic E-state index is -0.517. The molecular formula is C27H34Cl2O4. The predicted molar refractivity (Wildman–Crippen MR) is 133 cm³/mol. The molecule has 2 rings (SSSR count). The fourth-order valence-corrected chi connectivity index (χ4v) is 4.62. The van der Waals surface area contributed by atoms with E-state index in [2.05, 4.69) is 27.7 Å². The molecule has 0 bridgehead atoms. The van der Waals surface area contributed by atoms with Gasteiger partial charge in [0.25, 0.3) is 0 Å². The summed E-state index contributed by atoms with van der Waals surface area (Å²) in [7, 11) is 0. The highest BCUT2D eigenvalue weighted by Crippen LogP contribution is 2.41. The molecule has 0 aliphatic heterocycles. The van der Waals surface area contributed by atoms with Gasteiger partial charge in [0, 0.05) is 10.0 Å². The topological polar surface area (TPSA) is 52.6 Å². The van der Waals surface area contributed by atoms with Gasteiger partial charge in [-0.25, -0.2) is 0 Å². The third-order valence-corrected chi connectivity index (χ3v) is 5.85. The van der Waals surface area contributed by atoms with E-state index < -0.39 is 5.41 Å². The van der Waals surface area contributed by atoms with Gasteiger partial charge in [0.1, 0.15) is 13.2 Å². The fraction of sp³-hybridized carbons (Fsp3) is 0.481. The van der Waals surface area contributed by atoms with Crippen LogP contribution >= 0.6 is 23.2 Å². The summed E-state index contributed by atoms with van der Waals surface area (Å²) >= 11 is 11.8. The van der Waals surface area contributed by atoms with Crippen LogP contribution in [0.5, 0.6) is 0 Å². The molecule has 4 nitrogen and oxygen atoms in total. The number of hydrogen-bond donors (Lipinski definition) is 0. The Kier molecular flexibility index (Phi) is 10.7. The number of ether oxygens (including phenoxy) is 2. The SMILES string of the molecule is CC(C)CC(CC(=O)OCc1ccc(Cl)cc1)(CC(=O)OCc1ccc(Cl)cc1)CC(C)C. The summed E-state index contributed by atoms with van der Waals surface area (Å²) in [5, 5.41) is 1.27. The molecule has 6 heteroatoms. The Hall–Kier alpha value is -2.04. The third kappa shape index (κ3) is 10.2. The lowest BCUT2D eigenvalue weighted by Crippen LogP contribution is -2.32. The van der Waals surface area contributed by atoms with Crippen LogP contribution in [0.25, 0.3) is 0 Å². The van der Waals surface area contributed by atoms with Crippen LogP contribution in [-0.4, -0.2) is 11.9 Å². The highest BCUT2D eigenvalue weighted by Gasteiger charge is 2.37. The van der Waals surface area contributed by atoms with E-state index >= 15 is 0 Å². The number of benzene rings is 2. The van der Waals surface area contributed by atoms with Crippen LogP contribution < -0.4 is 0 Å². The summed E-state index contributed by atoms with van der Waals surface area (Å²) < 4.78 is 11.1. The maximum atomic E-state index is 12.8. The molecule has 0 fully saturated rings. The van der Waals surface area contributed by atoms with Crippen molar-refractivity contribution in [1.82, 2.24) is 0 Å². The Bertz CT molecular complexity index is 814. The smallest absolute Gasteiger partial charge is 0.306 e. The van der Waals surface area contributed by atoms with E-state index in [1.807, 2.05) is 24.3 Å². The van der Waals surface area contributed by atoms with Gasteiger partial charge >= 0.3 is 11.9 Å². The van der Waals surface area contributed by atoms with Crippen LogP contribution in [0.4, 0.5) is 0 Å². The molecule has 2 aromatic rings. The first-order chi connectivity index (χ1) is 15.6. The molecule has 0 saturated carbocycles. The molecule has 0 atom stereocenters. The Morgan fingerprint density at radius 2 is 1.03 bits per heavy atom. The van der Waals surface area contributed by atoms with Gasteiger partial charge < -0.3 is 9.47 Å². The first-order valence-electron chi connectivity index (χ1n) is 11.4. The van der Waals surface area contributed by atoms with Crippen molar-refractivity contribution < 1.29 is 19.1 Å². The zero-order valence-electron chi connectivity index (χ0n) is 19.9. The Morgan fingerprint density at radius 1 is 0.697 bits per heavy atom. The summed E-state index contributed by atoms with van der Waals surface area (Å²) in [5.41, 5.74) is 1.22. The van der Waals surface area contributed by atoms with Gasteiger partial charge in [0.15, 0.2) is 0 Å². The van der Waals surface area contributed by atoms with E-state index in [4.69, 9.17) is 32.7 Å². The molecule has 0 amide bonds. The third-order valence-electron chi connectivity index (χ3n) is 5.35. The van der Waals surface area contributed by atoms with Crippen LogP contribution in [0.2, 0.25) is 10.0 Å². The fourth-order valence-electron chi connectivity index (χ4n) is 4.37. The average molecular weight is 493 g/mol. The van der Waals surface area contributed by atoms with E-state index in [1.165, 1.54) is 0 Å². The number of hydrogen-bond acceptors (Lipinski definition) is 4. The minimum Gasteiger partial charge on any atom is -0.461 e. The normalized spacial score (nSPS) is 11.6. The molecule has 0 radical (unpaired) electrons. The molecule has 0 aromatic heterocycles. The van der Waals surface area contributed by atoms with Crippen molar-refractivity contribution in [3.63, 3.8) is 0 Å². The van der Waals surface area contributed by atoms with Gasteiger partial charge in [-0.3, -0.25) is 9.59 Å². The van der Waals surface area contributed by atoms with Crippen molar-refractivity contribution in [3.8, 4) is 0 Å². The molecule has 0 heterocycles. The minimum absolute atomic E-state index is 0.174. The van der Waals surface area contributed by atoms with Crippen LogP contribution in [0.1, 0.15) is 64.5 Å². The summed E-state index contributed by atoms with van der Waals surface area (Å²) in [6.07, 6.45) is 1.81. The molecule has 0 aliphatic carbocycles. The molecule has 0 aliphatic rings. The molecule has 0 spiro atoms. The lowest BCUT2D eigenvalue weighted by Gasteiger charge is -2.35. The number of halogens is 2. The Balaban J connectivity index is 2.07. The lowest BCUT2D eigenvalue weighted by molar-refractivity contribution is -0.153. The van der Waals surface area contributed by atoms with E-state index in [0.29, 0.717) is 21.9 Å². The first-order valence-corrected chi connectivity index (χ1v) is 12.1. The number of carbonyl (C=O) groups excluding carboxylic acids is 2. The van der Waals surface area contributed by atoms with Crippen molar-refractivity contribution in [2.45, 2.75) is 66.6 Å². The van der Waals surface area contributed by atoms with Gasteiger partial charge in [-0.2, -0.15) is 0 Å². The quantitative estimate of drug-likeness (QED) is 0.285. The maximum absolute atomic E-state index is 12.8. The highest BCUT2D eigenvalue weighted by molar-refractivity contribution is 6.30. The standard InChI is InChI=1S/C27H34Cl2O4/c1-19(2)13-27(14-20(3)4,15-25(30)32-17-21-5-9-23(28)10-6-21)16-26(31)33-18-22-7-11-24(29)12-8-22/h5-12,19-20H,13-18H2,1-4H3. The molecule has 0 unspecified atom stereocenters. The highest BCUT2D eigenvalue weighted by atomic mass is 35.5. The Labute approximate surface area is 207 Å². The van der Waals surface area contributed by atoms with Crippen LogP contribution in [0, 0.1) is 17.3 Å². The van der Waals surface area contributed by atoms with E-state index in [1.54, 1.807) is 24.3 Å². The second-order valence-electron chi connectivity index (χ2n) is 9.62. The lowest BCUT2D eigenvalue weighted by atomic mass is 9.69. The van der Waals surface area contributed by atoms with Crippen molar-refractivity contribution in [1.29, 1.82) is 0 Å². The molecule has 180 valence electrons. The first kappa shape index (κ1) is 27.2. The summed E-state index contributed by atoms with van der Waals surface area (Å²) in [4.78, 5) is 25.7. The van der Waals surface area contributed by atoms with Gasteiger partial charge in [-0.15, -0.1) is 0 Å². The van der Waals surface area contributed by atoms with Gasteiger partial charge in [0.2, 0.25) is 0 Å².